The SMILES string of the molecule is Cc1cnc(-c2cccc(Nc3ccc(N4CCCCC4)cn3)n2)s1. The van der Waals surface area contributed by atoms with Gasteiger partial charge in [0, 0.05) is 24.2 Å². The van der Waals surface area contributed by atoms with Crippen LogP contribution in [-0.4, -0.2) is 28.0 Å². The molecule has 0 spiro atoms. The van der Waals surface area contributed by atoms with Crippen molar-refractivity contribution < 1.29 is 0 Å². The molecule has 3 aromatic heterocycles. The average molecular weight is 351 g/mol. The van der Waals surface area contributed by atoms with Crippen molar-refractivity contribution in [3.05, 3.63) is 47.6 Å². The molecule has 1 N–H and O–H groups in total. The Balaban J connectivity index is 1.48. The molecule has 1 aliphatic rings. The molecule has 1 saturated heterocycles. The Kier molecular flexibility index (Phi) is 4.61. The van der Waals surface area contributed by atoms with Gasteiger partial charge in [-0.2, -0.15) is 0 Å². The van der Waals surface area contributed by atoms with Gasteiger partial charge in [-0.3, -0.25) is 0 Å². The summed E-state index contributed by atoms with van der Waals surface area (Å²) in [5, 5.41) is 4.23. The fourth-order valence-corrected chi connectivity index (χ4v) is 3.76. The van der Waals surface area contributed by atoms with Gasteiger partial charge in [-0.1, -0.05) is 6.07 Å². The maximum absolute atomic E-state index is 4.65. The molecule has 0 aromatic carbocycles. The van der Waals surface area contributed by atoms with Crippen LogP contribution in [0.1, 0.15) is 24.1 Å². The highest BCUT2D eigenvalue weighted by molar-refractivity contribution is 7.14. The van der Waals surface area contributed by atoms with Crippen LogP contribution in [0.2, 0.25) is 0 Å². The highest BCUT2D eigenvalue weighted by Crippen LogP contribution is 2.25. The molecule has 0 atom stereocenters. The van der Waals surface area contributed by atoms with Crippen LogP contribution in [0.3, 0.4) is 0 Å². The van der Waals surface area contributed by atoms with E-state index in [1.54, 1.807) is 11.3 Å². The smallest absolute Gasteiger partial charge is 0.142 e. The van der Waals surface area contributed by atoms with Gasteiger partial charge in [0.1, 0.15) is 22.3 Å². The first-order valence-electron chi connectivity index (χ1n) is 8.66. The summed E-state index contributed by atoms with van der Waals surface area (Å²) in [5.74, 6) is 1.59. The summed E-state index contributed by atoms with van der Waals surface area (Å²) in [6.45, 7) is 4.31. The highest BCUT2D eigenvalue weighted by atomic mass is 32.1. The van der Waals surface area contributed by atoms with Crippen molar-refractivity contribution in [2.24, 2.45) is 0 Å². The third-order valence-electron chi connectivity index (χ3n) is 4.31. The lowest BCUT2D eigenvalue weighted by molar-refractivity contribution is 0.577. The molecule has 0 bridgehead atoms. The van der Waals surface area contributed by atoms with Gasteiger partial charge in [-0.15, -0.1) is 11.3 Å². The second kappa shape index (κ2) is 7.19. The maximum atomic E-state index is 4.65. The first-order chi connectivity index (χ1) is 12.3. The number of aromatic nitrogens is 3. The molecular weight excluding hydrogens is 330 g/mol. The summed E-state index contributed by atoms with van der Waals surface area (Å²) < 4.78 is 0. The number of pyridine rings is 2. The molecule has 1 aliphatic heterocycles. The zero-order valence-electron chi connectivity index (χ0n) is 14.3. The molecule has 0 unspecified atom stereocenters. The van der Waals surface area contributed by atoms with E-state index in [2.05, 4.69) is 38.2 Å². The quantitative estimate of drug-likeness (QED) is 0.742. The molecule has 1 fully saturated rings. The first-order valence-corrected chi connectivity index (χ1v) is 9.47. The second-order valence-electron chi connectivity index (χ2n) is 6.26. The standard InChI is InChI=1S/C19H21N5S/c1-14-12-21-19(25-14)16-6-5-7-18(22-16)23-17-9-8-15(13-20-17)24-10-3-2-4-11-24/h5-9,12-13H,2-4,10-11H2,1H3,(H,20,22,23). The van der Waals surface area contributed by atoms with Gasteiger partial charge >= 0.3 is 0 Å². The van der Waals surface area contributed by atoms with E-state index < -0.39 is 0 Å². The van der Waals surface area contributed by atoms with Crippen molar-refractivity contribution in [1.29, 1.82) is 0 Å². The minimum absolute atomic E-state index is 0.781. The molecule has 0 saturated carbocycles. The van der Waals surface area contributed by atoms with Crippen LogP contribution in [0.15, 0.2) is 42.7 Å². The predicted molar refractivity (Wildman–Crippen MR) is 104 cm³/mol. The Morgan fingerprint density at radius 2 is 1.84 bits per heavy atom. The average Bonchev–Trinajstić information content (AvgIpc) is 3.10. The molecule has 0 radical (unpaired) electrons. The molecular formula is C19H21N5S. The van der Waals surface area contributed by atoms with E-state index in [9.17, 15) is 0 Å². The molecule has 6 heteroatoms. The molecule has 5 nitrogen and oxygen atoms in total. The Hall–Kier alpha value is -2.47. The third-order valence-corrected chi connectivity index (χ3v) is 5.25. The number of aryl methyl sites for hydroxylation is 1. The van der Waals surface area contributed by atoms with Gasteiger partial charge in [0.15, 0.2) is 0 Å². The van der Waals surface area contributed by atoms with Crippen molar-refractivity contribution >= 4 is 28.7 Å². The number of piperidine rings is 1. The first kappa shape index (κ1) is 16.0. The number of hydrogen-bond donors (Lipinski definition) is 1. The molecule has 3 aromatic rings. The van der Waals surface area contributed by atoms with Crippen LogP contribution in [0, 0.1) is 6.92 Å². The lowest BCUT2D eigenvalue weighted by atomic mass is 10.1. The Bertz CT molecular complexity index is 837. The lowest BCUT2D eigenvalue weighted by Crippen LogP contribution is -2.29. The molecule has 128 valence electrons. The van der Waals surface area contributed by atoms with Crippen molar-refractivity contribution in [3.63, 3.8) is 0 Å². The molecule has 4 rings (SSSR count). The normalized spacial score (nSPS) is 14.5. The summed E-state index contributed by atoms with van der Waals surface area (Å²) in [7, 11) is 0. The summed E-state index contributed by atoms with van der Waals surface area (Å²) in [6, 6.07) is 10.1. The van der Waals surface area contributed by atoms with Gasteiger partial charge < -0.3 is 10.2 Å². The van der Waals surface area contributed by atoms with Gasteiger partial charge in [0.05, 0.1) is 11.9 Å². The van der Waals surface area contributed by atoms with Gasteiger partial charge in [0.2, 0.25) is 0 Å². The van der Waals surface area contributed by atoms with Gasteiger partial charge in [-0.05, 0) is 50.5 Å². The Morgan fingerprint density at radius 1 is 0.960 bits per heavy atom. The number of hydrogen-bond acceptors (Lipinski definition) is 6. The maximum Gasteiger partial charge on any atom is 0.142 e. The van der Waals surface area contributed by atoms with E-state index in [1.165, 1.54) is 29.8 Å². The monoisotopic (exact) mass is 351 g/mol. The number of nitrogens with one attached hydrogen (secondary N) is 1. The van der Waals surface area contributed by atoms with Crippen LogP contribution >= 0.6 is 11.3 Å². The summed E-state index contributed by atoms with van der Waals surface area (Å²) >= 11 is 1.65. The van der Waals surface area contributed by atoms with Gasteiger partial charge in [-0.25, -0.2) is 15.0 Å². The van der Waals surface area contributed by atoms with Crippen LogP contribution in [0.25, 0.3) is 10.7 Å². The largest absolute Gasteiger partial charge is 0.370 e. The van der Waals surface area contributed by atoms with E-state index in [4.69, 9.17) is 0 Å². The summed E-state index contributed by atoms with van der Waals surface area (Å²) in [5.41, 5.74) is 2.08. The van der Waals surface area contributed by atoms with Crippen LogP contribution in [-0.2, 0) is 0 Å². The van der Waals surface area contributed by atoms with Crippen LogP contribution < -0.4 is 10.2 Å². The number of thiazole rings is 1. The van der Waals surface area contributed by atoms with Gasteiger partial charge in [0.25, 0.3) is 0 Å². The topological polar surface area (TPSA) is 53.9 Å². The Morgan fingerprint density at radius 3 is 2.56 bits per heavy atom. The van der Waals surface area contributed by atoms with Crippen molar-refractivity contribution in [2.75, 3.05) is 23.3 Å². The molecule has 0 amide bonds. The zero-order valence-corrected chi connectivity index (χ0v) is 15.1. The van der Waals surface area contributed by atoms with Crippen LogP contribution in [0.5, 0.6) is 0 Å². The van der Waals surface area contributed by atoms with E-state index in [1.807, 2.05) is 36.7 Å². The summed E-state index contributed by atoms with van der Waals surface area (Å²) in [6.07, 6.45) is 7.70. The highest BCUT2D eigenvalue weighted by Gasteiger charge is 2.11. The second-order valence-corrected chi connectivity index (χ2v) is 7.49. The predicted octanol–water partition coefficient (Wildman–Crippen LogP) is 4.64. The minimum atomic E-state index is 0.781. The third kappa shape index (κ3) is 3.79. The molecule has 0 aliphatic carbocycles. The molecule has 4 heterocycles. The summed E-state index contributed by atoms with van der Waals surface area (Å²) in [4.78, 5) is 17.2. The van der Waals surface area contributed by atoms with E-state index in [0.29, 0.717) is 0 Å². The van der Waals surface area contributed by atoms with Crippen molar-refractivity contribution in [3.8, 4) is 10.7 Å². The zero-order chi connectivity index (χ0) is 17.1. The number of rotatable bonds is 4. The van der Waals surface area contributed by atoms with E-state index >= 15 is 0 Å². The fourth-order valence-electron chi connectivity index (χ4n) is 3.03. The fraction of sp³-hybridized carbons (Fsp3) is 0.316. The van der Waals surface area contributed by atoms with Crippen molar-refractivity contribution in [1.82, 2.24) is 15.0 Å². The number of nitrogens with zero attached hydrogens (tertiary/aromatic N) is 4. The van der Waals surface area contributed by atoms with E-state index in [0.717, 1.165) is 35.4 Å². The molecule has 25 heavy (non-hydrogen) atoms. The van der Waals surface area contributed by atoms with Crippen LogP contribution in [0.4, 0.5) is 17.3 Å². The van der Waals surface area contributed by atoms with Crippen molar-refractivity contribution in [2.45, 2.75) is 26.2 Å². The number of anilines is 3. The Labute approximate surface area is 151 Å². The minimum Gasteiger partial charge on any atom is -0.370 e. The van der Waals surface area contributed by atoms with E-state index in [-0.39, 0.29) is 0 Å². The lowest BCUT2D eigenvalue weighted by Gasteiger charge is -2.28.